The summed E-state index contributed by atoms with van der Waals surface area (Å²) in [6.07, 6.45) is 10.3. The summed E-state index contributed by atoms with van der Waals surface area (Å²) in [5.41, 5.74) is 0. The standard InChI is InChI=1S/C16H30N2O/c1-3-15(14-9-5-4-6-10-14)17-13(2)16(19)18-11-7-8-12-18/h13-15,17H,3-12H2,1-2H3. The smallest absolute Gasteiger partial charge is 0.239 e. The lowest BCUT2D eigenvalue weighted by atomic mass is 9.82. The van der Waals surface area contributed by atoms with E-state index in [1.807, 2.05) is 11.8 Å². The Kier molecular flexibility index (Phi) is 5.68. The van der Waals surface area contributed by atoms with Crippen LogP contribution in [0.25, 0.3) is 0 Å². The molecule has 1 aliphatic carbocycles. The number of carbonyl (C=O) groups is 1. The van der Waals surface area contributed by atoms with E-state index in [0.29, 0.717) is 11.9 Å². The average molecular weight is 266 g/mol. The molecule has 1 saturated carbocycles. The molecule has 2 atom stereocenters. The number of hydrogen-bond acceptors (Lipinski definition) is 2. The Bertz CT molecular complexity index is 280. The monoisotopic (exact) mass is 266 g/mol. The van der Waals surface area contributed by atoms with Gasteiger partial charge in [-0.05, 0) is 44.9 Å². The van der Waals surface area contributed by atoms with Gasteiger partial charge in [0.15, 0.2) is 0 Å². The fourth-order valence-corrected chi connectivity index (χ4v) is 3.73. The van der Waals surface area contributed by atoms with Gasteiger partial charge in [-0.2, -0.15) is 0 Å². The van der Waals surface area contributed by atoms with Crippen molar-refractivity contribution in [2.75, 3.05) is 13.1 Å². The van der Waals surface area contributed by atoms with Crippen molar-refractivity contribution in [3.05, 3.63) is 0 Å². The highest BCUT2D eigenvalue weighted by Crippen LogP contribution is 2.28. The zero-order valence-corrected chi connectivity index (χ0v) is 12.7. The minimum absolute atomic E-state index is 0.00928. The molecular formula is C16H30N2O. The van der Waals surface area contributed by atoms with Crippen LogP contribution in [0.15, 0.2) is 0 Å². The summed E-state index contributed by atoms with van der Waals surface area (Å²) in [5.74, 6) is 1.10. The third-order valence-electron chi connectivity index (χ3n) is 4.91. The number of rotatable bonds is 5. The van der Waals surface area contributed by atoms with Gasteiger partial charge in [-0.15, -0.1) is 0 Å². The fraction of sp³-hybridized carbons (Fsp3) is 0.938. The Morgan fingerprint density at radius 2 is 1.79 bits per heavy atom. The molecular weight excluding hydrogens is 236 g/mol. The second kappa shape index (κ2) is 7.28. The van der Waals surface area contributed by atoms with Crippen molar-refractivity contribution in [3.8, 4) is 0 Å². The Hall–Kier alpha value is -0.570. The van der Waals surface area contributed by atoms with Crippen LogP contribution in [-0.2, 0) is 4.79 Å². The topological polar surface area (TPSA) is 32.3 Å². The van der Waals surface area contributed by atoms with Crippen LogP contribution in [0, 0.1) is 5.92 Å². The van der Waals surface area contributed by atoms with Crippen LogP contribution in [0.3, 0.4) is 0 Å². The normalized spacial score (nSPS) is 24.4. The van der Waals surface area contributed by atoms with Crippen LogP contribution < -0.4 is 5.32 Å². The second-order valence-electron chi connectivity index (χ2n) is 6.33. The first-order valence-corrected chi connectivity index (χ1v) is 8.27. The first-order chi connectivity index (χ1) is 9.22. The van der Waals surface area contributed by atoms with E-state index >= 15 is 0 Å². The molecule has 3 nitrogen and oxygen atoms in total. The lowest BCUT2D eigenvalue weighted by Crippen LogP contribution is -2.49. The molecule has 3 heteroatoms. The van der Waals surface area contributed by atoms with E-state index in [1.165, 1.54) is 44.9 Å². The summed E-state index contributed by atoms with van der Waals surface area (Å²) in [7, 11) is 0. The van der Waals surface area contributed by atoms with Crippen molar-refractivity contribution in [2.45, 2.75) is 77.3 Å². The van der Waals surface area contributed by atoms with E-state index in [2.05, 4.69) is 12.2 Å². The number of nitrogens with one attached hydrogen (secondary N) is 1. The molecule has 0 spiro atoms. The molecule has 1 amide bonds. The summed E-state index contributed by atoms with van der Waals surface area (Å²) >= 11 is 0. The predicted molar refractivity (Wildman–Crippen MR) is 79.1 cm³/mol. The molecule has 0 radical (unpaired) electrons. The van der Waals surface area contributed by atoms with Gasteiger partial charge in [0.25, 0.3) is 0 Å². The predicted octanol–water partition coefficient (Wildman–Crippen LogP) is 2.95. The van der Waals surface area contributed by atoms with Crippen molar-refractivity contribution in [2.24, 2.45) is 5.92 Å². The van der Waals surface area contributed by atoms with Gasteiger partial charge < -0.3 is 10.2 Å². The Labute approximate surface area is 118 Å². The number of hydrogen-bond donors (Lipinski definition) is 1. The van der Waals surface area contributed by atoms with Crippen LogP contribution in [0.4, 0.5) is 0 Å². The van der Waals surface area contributed by atoms with Crippen LogP contribution in [0.2, 0.25) is 0 Å². The molecule has 2 rings (SSSR count). The highest BCUT2D eigenvalue weighted by Gasteiger charge is 2.28. The van der Waals surface area contributed by atoms with Crippen molar-refractivity contribution < 1.29 is 4.79 Å². The zero-order valence-electron chi connectivity index (χ0n) is 12.7. The lowest BCUT2D eigenvalue weighted by Gasteiger charge is -2.33. The largest absolute Gasteiger partial charge is 0.341 e. The maximum atomic E-state index is 12.3. The molecule has 2 unspecified atom stereocenters. The van der Waals surface area contributed by atoms with Gasteiger partial charge >= 0.3 is 0 Å². The first kappa shape index (κ1) is 14.8. The molecule has 1 aliphatic heterocycles. The first-order valence-electron chi connectivity index (χ1n) is 8.27. The SMILES string of the molecule is CCC(NC(C)C(=O)N1CCCC1)C1CCCCC1. The summed E-state index contributed by atoms with van der Waals surface area (Å²) < 4.78 is 0. The maximum absolute atomic E-state index is 12.3. The number of amides is 1. The molecule has 2 fully saturated rings. The summed E-state index contributed by atoms with van der Waals surface area (Å²) in [6, 6.07) is 0.520. The summed E-state index contributed by atoms with van der Waals surface area (Å²) in [4.78, 5) is 14.4. The van der Waals surface area contributed by atoms with Gasteiger partial charge in [-0.1, -0.05) is 26.2 Å². The van der Waals surface area contributed by atoms with Gasteiger partial charge in [-0.25, -0.2) is 0 Å². The maximum Gasteiger partial charge on any atom is 0.239 e. The minimum atomic E-state index is -0.00928. The van der Waals surface area contributed by atoms with Crippen LogP contribution >= 0.6 is 0 Å². The molecule has 2 aliphatic rings. The lowest BCUT2D eigenvalue weighted by molar-refractivity contribution is -0.132. The van der Waals surface area contributed by atoms with E-state index in [4.69, 9.17) is 0 Å². The fourth-order valence-electron chi connectivity index (χ4n) is 3.73. The van der Waals surface area contributed by atoms with Crippen LogP contribution in [-0.4, -0.2) is 36.0 Å². The third-order valence-corrected chi connectivity index (χ3v) is 4.91. The summed E-state index contributed by atoms with van der Waals surface area (Å²) in [6.45, 7) is 6.22. The van der Waals surface area contributed by atoms with Gasteiger partial charge in [-0.3, -0.25) is 4.79 Å². The Morgan fingerprint density at radius 3 is 2.37 bits per heavy atom. The van der Waals surface area contributed by atoms with E-state index in [9.17, 15) is 4.79 Å². The molecule has 1 N–H and O–H groups in total. The van der Waals surface area contributed by atoms with Crippen molar-refractivity contribution >= 4 is 5.91 Å². The average Bonchev–Trinajstić information content (AvgIpc) is 2.98. The highest BCUT2D eigenvalue weighted by molar-refractivity contribution is 5.81. The van der Waals surface area contributed by atoms with Gasteiger partial charge in [0.05, 0.1) is 6.04 Å². The quantitative estimate of drug-likeness (QED) is 0.830. The molecule has 19 heavy (non-hydrogen) atoms. The van der Waals surface area contributed by atoms with Crippen molar-refractivity contribution in [3.63, 3.8) is 0 Å². The minimum Gasteiger partial charge on any atom is -0.341 e. The van der Waals surface area contributed by atoms with Gasteiger partial charge in [0.2, 0.25) is 5.91 Å². The molecule has 0 aromatic heterocycles. The highest BCUT2D eigenvalue weighted by atomic mass is 16.2. The van der Waals surface area contributed by atoms with E-state index in [-0.39, 0.29) is 6.04 Å². The van der Waals surface area contributed by atoms with Crippen LogP contribution in [0.5, 0.6) is 0 Å². The van der Waals surface area contributed by atoms with Crippen LogP contribution in [0.1, 0.15) is 65.2 Å². The molecule has 1 saturated heterocycles. The Balaban J connectivity index is 1.84. The van der Waals surface area contributed by atoms with E-state index in [0.717, 1.165) is 25.4 Å². The van der Waals surface area contributed by atoms with Gasteiger partial charge in [0, 0.05) is 19.1 Å². The second-order valence-corrected chi connectivity index (χ2v) is 6.33. The summed E-state index contributed by atoms with van der Waals surface area (Å²) in [5, 5.41) is 3.62. The Morgan fingerprint density at radius 1 is 1.16 bits per heavy atom. The molecule has 0 bridgehead atoms. The number of nitrogens with zero attached hydrogens (tertiary/aromatic N) is 1. The van der Waals surface area contributed by atoms with E-state index < -0.39 is 0 Å². The third kappa shape index (κ3) is 3.95. The molecule has 0 aromatic rings. The zero-order chi connectivity index (χ0) is 13.7. The molecule has 1 heterocycles. The molecule has 110 valence electrons. The van der Waals surface area contributed by atoms with Crippen molar-refractivity contribution in [1.29, 1.82) is 0 Å². The number of likely N-dealkylation sites (tertiary alicyclic amines) is 1. The van der Waals surface area contributed by atoms with Gasteiger partial charge in [0.1, 0.15) is 0 Å². The molecule has 0 aromatic carbocycles. The van der Waals surface area contributed by atoms with E-state index in [1.54, 1.807) is 0 Å². The van der Waals surface area contributed by atoms with Crippen molar-refractivity contribution in [1.82, 2.24) is 10.2 Å². The number of carbonyl (C=O) groups excluding carboxylic acids is 1.